The highest BCUT2D eigenvalue weighted by Gasteiger charge is 2.38. The summed E-state index contributed by atoms with van der Waals surface area (Å²) in [6, 6.07) is 5.48. The number of anilines is 2. The summed E-state index contributed by atoms with van der Waals surface area (Å²) >= 11 is 15.3. The van der Waals surface area contributed by atoms with E-state index in [1.165, 1.54) is 16.2 Å². The van der Waals surface area contributed by atoms with Gasteiger partial charge in [-0.1, -0.05) is 23.2 Å². The van der Waals surface area contributed by atoms with Crippen LogP contribution in [0.1, 0.15) is 26.7 Å². The predicted octanol–water partition coefficient (Wildman–Crippen LogP) is 3.49. The van der Waals surface area contributed by atoms with Gasteiger partial charge < -0.3 is 9.47 Å². The summed E-state index contributed by atoms with van der Waals surface area (Å²) < 4.78 is 10.6. The van der Waals surface area contributed by atoms with Crippen LogP contribution in [0.3, 0.4) is 0 Å². The fourth-order valence-corrected chi connectivity index (χ4v) is 4.24. The molecule has 1 saturated heterocycles. The number of ether oxygens (including phenoxy) is 2. The summed E-state index contributed by atoms with van der Waals surface area (Å²) in [6.07, 6.45) is 3.62. The van der Waals surface area contributed by atoms with E-state index in [1.54, 1.807) is 44.3 Å². The number of carbonyl (C=O) groups is 3. The summed E-state index contributed by atoms with van der Waals surface area (Å²) in [4.78, 5) is 43.2. The number of pyridine rings is 2. The molecule has 36 heavy (non-hydrogen) atoms. The van der Waals surface area contributed by atoms with Gasteiger partial charge in [-0.3, -0.25) is 15.2 Å². The normalized spacial score (nSPS) is 18.7. The Kier molecular flexibility index (Phi) is 9.85. The van der Waals surface area contributed by atoms with Gasteiger partial charge in [-0.05, 0) is 54.0 Å². The molecule has 192 valence electrons. The monoisotopic (exact) mass is 600 g/mol. The molecule has 2 aromatic rings. The van der Waals surface area contributed by atoms with E-state index in [0.717, 1.165) is 0 Å². The molecule has 0 aliphatic carbocycles. The zero-order valence-corrected chi connectivity index (χ0v) is 22.5. The third-order valence-electron chi connectivity index (χ3n) is 4.85. The van der Waals surface area contributed by atoms with E-state index in [1.807, 2.05) is 0 Å². The smallest absolute Gasteiger partial charge is 0.331 e. The van der Waals surface area contributed by atoms with E-state index < -0.39 is 18.1 Å². The molecule has 2 atom stereocenters. The highest BCUT2D eigenvalue weighted by atomic mass is 79.9. The van der Waals surface area contributed by atoms with Crippen molar-refractivity contribution in [1.82, 2.24) is 15.4 Å². The van der Waals surface area contributed by atoms with Crippen LogP contribution in [0.5, 0.6) is 0 Å². The van der Waals surface area contributed by atoms with E-state index >= 15 is 0 Å². The van der Waals surface area contributed by atoms with Gasteiger partial charge >= 0.3 is 11.9 Å². The Morgan fingerprint density at radius 3 is 2.11 bits per heavy atom. The number of carbonyl (C=O) groups excluding carboxylic acids is 3. The molecule has 0 spiro atoms. The van der Waals surface area contributed by atoms with Gasteiger partial charge in [0.05, 0.1) is 29.7 Å². The maximum Gasteiger partial charge on any atom is 0.331 e. The fraction of sp³-hybridized carbons (Fsp3) is 0.364. The van der Waals surface area contributed by atoms with E-state index in [4.69, 9.17) is 32.7 Å². The summed E-state index contributed by atoms with van der Waals surface area (Å²) in [5.41, 5.74) is 2.55. The summed E-state index contributed by atoms with van der Waals surface area (Å²) in [5, 5.41) is 7.86. The van der Waals surface area contributed by atoms with Crippen molar-refractivity contribution >= 4 is 73.2 Å². The molecule has 4 heterocycles. The minimum atomic E-state index is -0.732. The molecule has 4 rings (SSSR count). The van der Waals surface area contributed by atoms with Crippen molar-refractivity contribution in [2.45, 2.75) is 38.8 Å². The van der Waals surface area contributed by atoms with Crippen LogP contribution in [0.15, 0.2) is 41.8 Å². The van der Waals surface area contributed by atoms with E-state index in [0.29, 0.717) is 39.3 Å². The largest absolute Gasteiger partial charge is 0.464 e. The minimum Gasteiger partial charge on any atom is -0.464 e. The van der Waals surface area contributed by atoms with Crippen molar-refractivity contribution in [2.24, 2.45) is 5.10 Å². The Labute approximate surface area is 225 Å². The molecule has 0 bridgehead atoms. The number of rotatable bonds is 6. The molecule has 2 unspecified atom stereocenters. The van der Waals surface area contributed by atoms with Crippen molar-refractivity contribution in [1.29, 1.82) is 0 Å². The number of hydrazine groups is 1. The molecule has 14 heteroatoms. The van der Waals surface area contributed by atoms with Crippen LogP contribution >= 0.6 is 39.1 Å². The van der Waals surface area contributed by atoms with Crippen LogP contribution in [-0.4, -0.2) is 57.7 Å². The first kappa shape index (κ1) is 27.6. The molecule has 1 amide bonds. The van der Waals surface area contributed by atoms with Crippen molar-refractivity contribution < 1.29 is 23.9 Å². The Bertz CT molecular complexity index is 1150. The van der Waals surface area contributed by atoms with Gasteiger partial charge in [0.15, 0.2) is 23.7 Å². The Morgan fingerprint density at radius 1 is 1.00 bits per heavy atom. The van der Waals surface area contributed by atoms with Crippen molar-refractivity contribution in [3.8, 4) is 0 Å². The van der Waals surface area contributed by atoms with Crippen molar-refractivity contribution in [3.05, 3.63) is 46.7 Å². The number of nitrogens with one attached hydrogen (secondary N) is 1. The molecule has 0 saturated carbocycles. The zero-order valence-electron chi connectivity index (χ0n) is 19.4. The Morgan fingerprint density at radius 2 is 1.56 bits per heavy atom. The van der Waals surface area contributed by atoms with Gasteiger partial charge in [-0.15, -0.1) is 0 Å². The van der Waals surface area contributed by atoms with Crippen LogP contribution < -0.4 is 15.4 Å². The first-order chi connectivity index (χ1) is 17.3. The van der Waals surface area contributed by atoms with E-state index in [2.05, 4.69) is 36.4 Å². The van der Waals surface area contributed by atoms with Gasteiger partial charge in [0, 0.05) is 18.8 Å². The van der Waals surface area contributed by atoms with Crippen molar-refractivity contribution in [2.75, 3.05) is 23.2 Å². The third kappa shape index (κ3) is 6.62. The molecule has 0 aromatic carbocycles. The molecule has 11 nitrogen and oxygen atoms in total. The van der Waals surface area contributed by atoms with Crippen LogP contribution in [0.25, 0.3) is 0 Å². The zero-order chi connectivity index (χ0) is 26.2. The lowest BCUT2D eigenvalue weighted by Gasteiger charge is -2.23. The molecule has 2 aliphatic heterocycles. The van der Waals surface area contributed by atoms with Gasteiger partial charge in [0.2, 0.25) is 5.91 Å². The fourth-order valence-electron chi connectivity index (χ4n) is 3.34. The Balaban J connectivity index is 0.000000201. The van der Waals surface area contributed by atoms with Crippen LogP contribution in [0.4, 0.5) is 11.6 Å². The molecule has 1 fully saturated rings. The number of halogens is 3. The maximum absolute atomic E-state index is 11.9. The maximum atomic E-state index is 11.9. The number of hydrogen-bond acceptors (Lipinski definition) is 10. The number of nitrogens with zero attached hydrogens (tertiary/aromatic N) is 5. The first-order valence-electron chi connectivity index (χ1n) is 10.9. The highest BCUT2D eigenvalue weighted by Crippen LogP contribution is 2.30. The second kappa shape index (κ2) is 12.8. The Hall–Kier alpha value is -2.96. The van der Waals surface area contributed by atoms with Crippen molar-refractivity contribution in [3.63, 3.8) is 0 Å². The first-order valence-corrected chi connectivity index (χ1v) is 12.5. The second-order valence-electron chi connectivity index (χ2n) is 7.29. The van der Waals surface area contributed by atoms with Crippen LogP contribution in [0, 0.1) is 0 Å². The van der Waals surface area contributed by atoms with E-state index in [9.17, 15) is 14.4 Å². The lowest BCUT2D eigenvalue weighted by molar-refractivity contribution is -0.145. The lowest BCUT2D eigenvalue weighted by Crippen LogP contribution is -2.43. The molecule has 1 N–H and O–H groups in total. The number of hydrazone groups is 1. The van der Waals surface area contributed by atoms with Crippen LogP contribution in [0.2, 0.25) is 10.0 Å². The molecule has 0 radical (unpaired) electrons. The number of amides is 1. The standard InChI is InChI=1S/C11H11BrClN3O2.C11H12ClN3O3/c1-2-18-11(17)8-6-9(12)15-16(8)10-7(13)4-3-5-14-10;1-2-18-11(17)8-6-9(16)14-15(8)10-7(12)4-3-5-13-10/h3-5,8H,2,6H2,1H3;3-5,8H,2,6H2,1H3,(H,14,16). The van der Waals surface area contributed by atoms with Gasteiger partial charge in [-0.2, -0.15) is 5.10 Å². The lowest BCUT2D eigenvalue weighted by atomic mass is 10.2. The topological polar surface area (TPSA) is 126 Å². The summed E-state index contributed by atoms with van der Waals surface area (Å²) in [6.45, 7) is 4.06. The van der Waals surface area contributed by atoms with Crippen LogP contribution in [-0.2, 0) is 23.9 Å². The molecular formula is C22H23BrCl2N6O5. The second-order valence-corrected chi connectivity index (χ2v) is 9.02. The van der Waals surface area contributed by atoms with E-state index in [-0.39, 0.29) is 24.9 Å². The average molecular weight is 602 g/mol. The predicted molar refractivity (Wildman–Crippen MR) is 138 cm³/mol. The number of esters is 2. The average Bonchev–Trinajstić information content (AvgIpc) is 3.43. The SMILES string of the molecule is CCOC(=O)C1CC(=O)NN1c1ncccc1Cl.CCOC(=O)C1CC(Br)=NN1c1ncccc1Cl. The number of aromatic nitrogens is 2. The van der Waals surface area contributed by atoms with Gasteiger partial charge in [-0.25, -0.2) is 24.6 Å². The minimum absolute atomic E-state index is 0.0335. The van der Waals surface area contributed by atoms with Gasteiger partial charge in [0.1, 0.15) is 4.62 Å². The highest BCUT2D eigenvalue weighted by molar-refractivity contribution is 9.18. The van der Waals surface area contributed by atoms with Gasteiger partial charge in [0.25, 0.3) is 0 Å². The summed E-state index contributed by atoms with van der Waals surface area (Å²) in [7, 11) is 0. The molecule has 2 aromatic heterocycles. The molecular weight excluding hydrogens is 579 g/mol. The summed E-state index contributed by atoms with van der Waals surface area (Å²) in [5.74, 6) is -0.292. The molecule has 2 aliphatic rings. The number of hydrogen-bond donors (Lipinski definition) is 1. The third-order valence-corrected chi connectivity index (χ3v) is 5.92. The quantitative estimate of drug-likeness (QED) is 0.495.